The molecule has 0 aromatic carbocycles. The first-order valence-corrected chi connectivity index (χ1v) is 3.80. The van der Waals surface area contributed by atoms with E-state index in [9.17, 15) is 8.42 Å². The number of hydrogen-bond acceptors (Lipinski definition) is 3. The number of rotatable bonds is 2. The molecule has 50 valence electrons. The summed E-state index contributed by atoms with van der Waals surface area (Å²) in [5.41, 5.74) is 4.78. The van der Waals surface area contributed by atoms with Crippen LogP contribution in [0.1, 0.15) is 0 Å². The van der Waals surface area contributed by atoms with Crippen molar-refractivity contribution in [3.8, 4) is 0 Å². The van der Waals surface area contributed by atoms with Gasteiger partial charge in [0.15, 0.2) is 0 Å². The lowest BCUT2D eigenvalue weighted by Crippen LogP contribution is -2.31. The van der Waals surface area contributed by atoms with Crippen molar-refractivity contribution in [1.29, 1.82) is 0 Å². The average molecular weight is 160 g/mol. The second-order valence-corrected chi connectivity index (χ2v) is 3.15. The largest absolute Gasteiger partial charge is 0.312 e. The molecule has 0 heterocycles. The molecule has 0 aromatic rings. The van der Waals surface area contributed by atoms with Crippen molar-refractivity contribution in [2.75, 3.05) is 5.88 Å². The zero-order chi connectivity index (χ0) is 6.78. The van der Waals surface area contributed by atoms with Gasteiger partial charge in [-0.3, -0.25) is 4.55 Å². The lowest BCUT2D eigenvalue weighted by molar-refractivity contribution is 0.472. The summed E-state index contributed by atoms with van der Waals surface area (Å²) in [5, 5.41) is -1.36. The second-order valence-electron chi connectivity index (χ2n) is 1.21. The van der Waals surface area contributed by atoms with Crippen molar-refractivity contribution in [2.45, 2.75) is 5.37 Å². The van der Waals surface area contributed by atoms with E-state index in [1.807, 2.05) is 0 Å². The highest BCUT2D eigenvalue weighted by Gasteiger charge is 2.14. The molecule has 0 radical (unpaired) electrons. The Kier molecular flexibility index (Phi) is 2.68. The van der Waals surface area contributed by atoms with Crippen LogP contribution in [0.3, 0.4) is 0 Å². The predicted molar refractivity (Wildman–Crippen MR) is 30.2 cm³/mol. The van der Waals surface area contributed by atoms with E-state index in [0.717, 1.165) is 0 Å². The van der Waals surface area contributed by atoms with Gasteiger partial charge in [0, 0.05) is 0 Å². The van der Waals surface area contributed by atoms with E-state index in [1.165, 1.54) is 0 Å². The molecule has 1 atom stereocenters. The molecule has 0 aliphatic heterocycles. The molecular weight excluding hydrogens is 154 g/mol. The predicted octanol–water partition coefficient (Wildman–Crippen LogP) is -0.602. The van der Waals surface area contributed by atoms with Gasteiger partial charge in [0.05, 0.1) is 5.88 Å². The number of hydrogen-bond donors (Lipinski definition) is 2. The molecule has 0 amide bonds. The zero-order valence-electron chi connectivity index (χ0n) is 3.91. The molecule has 0 saturated carbocycles. The summed E-state index contributed by atoms with van der Waals surface area (Å²) in [4.78, 5) is 0. The monoisotopic (exact) mass is 159 g/mol. The topological polar surface area (TPSA) is 80.4 Å². The van der Waals surface area contributed by atoms with Gasteiger partial charge in [-0.2, -0.15) is 8.42 Å². The summed E-state index contributed by atoms with van der Waals surface area (Å²) in [6.45, 7) is 0. The Morgan fingerprint density at radius 2 is 2.12 bits per heavy atom. The fraction of sp³-hybridized carbons (Fsp3) is 1.00. The van der Waals surface area contributed by atoms with Gasteiger partial charge in [-0.05, 0) is 0 Å². The van der Waals surface area contributed by atoms with Crippen LogP contribution in [-0.4, -0.2) is 24.2 Å². The smallest absolute Gasteiger partial charge is 0.282 e. The lowest BCUT2D eigenvalue weighted by atomic mass is 10.8. The molecule has 0 saturated heterocycles. The summed E-state index contributed by atoms with van der Waals surface area (Å²) in [6, 6.07) is 0. The summed E-state index contributed by atoms with van der Waals surface area (Å²) in [5.74, 6) is -0.293. The van der Waals surface area contributed by atoms with Crippen LogP contribution in [0.2, 0.25) is 0 Å². The van der Waals surface area contributed by atoms with Crippen molar-refractivity contribution in [3.05, 3.63) is 0 Å². The number of halogens is 1. The van der Waals surface area contributed by atoms with Crippen LogP contribution >= 0.6 is 11.6 Å². The molecule has 0 bridgehead atoms. The van der Waals surface area contributed by atoms with Crippen molar-refractivity contribution < 1.29 is 13.0 Å². The van der Waals surface area contributed by atoms with Gasteiger partial charge >= 0.3 is 0 Å². The highest BCUT2D eigenvalue weighted by molar-refractivity contribution is 7.86. The molecule has 0 spiro atoms. The van der Waals surface area contributed by atoms with Crippen LogP contribution in [0.4, 0.5) is 0 Å². The maximum absolute atomic E-state index is 9.91. The zero-order valence-corrected chi connectivity index (χ0v) is 5.48. The van der Waals surface area contributed by atoms with Gasteiger partial charge in [0.25, 0.3) is 10.1 Å². The fourth-order valence-electron chi connectivity index (χ4n) is 0.0796. The van der Waals surface area contributed by atoms with Crippen LogP contribution < -0.4 is 5.73 Å². The lowest BCUT2D eigenvalue weighted by Gasteiger charge is -1.99. The molecule has 0 aliphatic carbocycles. The third-order valence-corrected chi connectivity index (χ3v) is 1.98. The van der Waals surface area contributed by atoms with Gasteiger partial charge in [-0.25, -0.2) is 0 Å². The van der Waals surface area contributed by atoms with Crippen LogP contribution in [0, 0.1) is 0 Å². The Bertz CT molecular complexity index is 153. The van der Waals surface area contributed by atoms with E-state index in [1.54, 1.807) is 0 Å². The first-order valence-electron chi connectivity index (χ1n) is 1.76. The Labute approximate surface area is 52.4 Å². The van der Waals surface area contributed by atoms with Crippen molar-refractivity contribution >= 4 is 21.7 Å². The third-order valence-electron chi connectivity index (χ3n) is 0.535. The molecular formula is C2H6ClNO3S. The molecule has 4 nitrogen and oxygen atoms in total. The molecule has 6 heteroatoms. The average Bonchev–Trinajstić information content (AvgIpc) is 1.62. The molecule has 3 N–H and O–H groups in total. The Balaban J connectivity index is 4.04. The Morgan fingerprint density at radius 3 is 2.12 bits per heavy atom. The van der Waals surface area contributed by atoms with E-state index in [-0.39, 0.29) is 5.88 Å². The number of nitrogens with two attached hydrogens (primary N) is 1. The van der Waals surface area contributed by atoms with Gasteiger partial charge in [-0.15, -0.1) is 11.6 Å². The minimum Gasteiger partial charge on any atom is -0.312 e. The third kappa shape index (κ3) is 2.46. The van der Waals surface area contributed by atoms with Gasteiger partial charge in [0.2, 0.25) is 0 Å². The highest BCUT2D eigenvalue weighted by Crippen LogP contribution is 1.91. The van der Waals surface area contributed by atoms with E-state index < -0.39 is 15.5 Å². The van der Waals surface area contributed by atoms with Crippen molar-refractivity contribution in [2.24, 2.45) is 5.73 Å². The van der Waals surface area contributed by atoms with Gasteiger partial charge in [0.1, 0.15) is 5.37 Å². The van der Waals surface area contributed by atoms with Gasteiger partial charge in [-0.1, -0.05) is 0 Å². The van der Waals surface area contributed by atoms with E-state index >= 15 is 0 Å². The molecule has 8 heavy (non-hydrogen) atoms. The summed E-state index contributed by atoms with van der Waals surface area (Å²) in [7, 11) is -4.11. The minimum absolute atomic E-state index is 0.293. The molecule has 1 unspecified atom stereocenters. The molecule has 0 fully saturated rings. The summed E-state index contributed by atoms with van der Waals surface area (Å²) >= 11 is 4.97. The van der Waals surface area contributed by atoms with Crippen molar-refractivity contribution in [3.63, 3.8) is 0 Å². The number of alkyl halides is 1. The van der Waals surface area contributed by atoms with Crippen molar-refractivity contribution in [1.82, 2.24) is 0 Å². The maximum Gasteiger partial charge on any atom is 0.282 e. The van der Waals surface area contributed by atoms with E-state index in [4.69, 9.17) is 21.9 Å². The normalized spacial score (nSPS) is 15.9. The first-order chi connectivity index (χ1) is 3.48. The SMILES string of the molecule is NC(CCl)S(=O)(=O)O. The van der Waals surface area contributed by atoms with Gasteiger partial charge < -0.3 is 5.73 Å². The standard InChI is InChI=1S/C2H6ClNO3S/c3-1-2(4)8(5,6)7/h2H,1,4H2,(H,5,6,7). The summed E-state index contributed by atoms with van der Waals surface area (Å²) < 4.78 is 27.9. The molecule has 0 aromatic heterocycles. The fourth-order valence-corrected chi connectivity index (χ4v) is 0.716. The highest BCUT2D eigenvalue weighted by atomic mass is 35.5. The maximum atomic E-state index is 9.91. The summed E-state index contributed by atoms with van der Waals surface area (Å²) in [6.07, 6.45) is 0. The van der Waals surface area contributed by atoms with Crippen LogP contribution in [0.15, 0.2) is 0 Å². The Morgan fingerprint density at radius 1 is 1.75 bits per heavy atom. The second kappa shape index (κ2) is 2.63. The quantitative estimate of drug-likeness (QED) is 0.417. The van der Waals surface area contributed by atoms with Crippen LogP contribution in [0.5, 0.6) is 0 Å². The molecule has 0 aliphatic rings. The van der Waals surface area contributed by atoms with E-state index in [2.05, 4.69) is 0 Å². The minimum atomic E-state index is -4.11. The molecule has 0 rings (SSSR count). The Hall–Kier alpha value is 0.160. The van der Waals surface area contributed by atoms with Crippen LogP contribution in [-0.2, 0) is 10.1 Å². The van der Waals surface area contributed by atoms with E-state index in [0.29, 0.717) is 0 Å². The van der Waals surface area contributed by atoms with Crippen LogP contribution in [0.25, 0.3) is 0 Å². The first kappa shape index (κ1) is 8.16.